The smallest absolute Gasteiger partial charge is 0.150 e. The number of hydrogen-bond acceptors (Lipinski definition) is 4. The van der Waals surface area contributed by atoms with Gasteiger partial charge in [-0.3, -0.25) is 0 Å². The number of sulfone groups is 1. The fourth-order valence-electron chi connectivity index (χ4n) is 2.72. The molecule has 2 rings (SSSR count). The van der Waals surface area contributed by atoms with Gasteiger partial charge in [-0.1, -0.05) is 18.2 Å². The molecule has 0 radical (unpaired) electrons. The molecular weight excluding hydrogens is 276 g/mol. The maximum Gasteiger partial charge on any atom is 0.150 e. The van der Waals surface area contributed by atoms with E-state index in [9.17, 15) is 13.5 Å². The topological polar surface area (TPSA) is 63.6 Å². The van der Waals surface area contributed by atoms with E-state index in [-0.39, 0.29) is 29.9 Å². The lowest BCUT2D eigenvalue weighted by atomic mass is 9.89. The predicted molar refractivity (Wildman–Crippen MR) is 78.5 cm³/mol. The summed E-state index contributed by atoms with van der Waals surface area (Å²) in [5, 5.41) is 9.44. The highest BCUT2D eigenvalue weighted by Gasteiger charge is 2.32. The van der Waals surface area contributed by atoms with Gasteiger partial charge >= 0.3 is 0 Å². The summed E-state index contributed by atoms with van der Waals surface area (Å²) in [7, 11) is -2.87. The highest BCUT2D eigenvalue weighted by molar-refractivity contribution is 7.91. The molecular formula is C15H22O4S. The first-order valence-electron chi connectivity index (χ1n) is 7.10. The predicted octanol–water partition coefficient (Wildman–Crippen LogP) is 1.89. The molecule has 1 fully saturated rings. The highest BCUT2D eigenvalue weighted by Crippen LogP contribution is 2.28. The summed E-state index contributed by atoms with van der Waals surface area (Å²) in [5.74, 6) is 1.54. The van der Waals surface area contributed by atoms with Gasteiger partial charge in [0.1, 0.15) is 5.75 Å². The second-order valence-corrected chi connectivity index (χ2v) is 7.64. The number of rotatable bonds is 7. The lowest BCUT2D eigenvalue weighted by Gasteiger charge is -2.20. The van der Waals surface area contributed by atoms with Crippen LogP contribution in [-0.4, -0.2) is 38.2 Å². The summed E-state index contributed by atoms with van der Waals surface area (Å²) in [6, 6.07) is 9.61. The normalized spacial score (nSPS) is 22.6. The molecule has 0 amide bonds. The van der Waals surface area contributed by atoms with Gasteiger partial charge < -0.3 is 9.84 Å². The van der Waals surface area contributed by atoms with Gasteiger partial charge in [0.15, 0.2) is 9.84 Å². The number of ether oxygens (including phenoxy) is 1. The van der Waals surface area contributed by atoms with Crippen molar-refractivity contribution in [1.82, 2.24) is 0 Å². The van der Waals surface area contributed by atoms with Crippen LogP contribution in [0.25, 0.3) is 0 Å². The quantitative estimate of drug-likeness (QED) is 0.781. The summed E-state index contributed by atoms with van der Waals surface area (Å²) in [6.07, 6.45) is 2.33. The van der Waals surface area contributed by atoms with Crippen LogP contribution in [-0.2, 0) is 9.84 Å². The zero-order chi connectivity index (χ0) is 14.4. The Labute approximate surface area is 120 Å². The Morgan fingerprint density at radius 1 is 1.30 bits per heavy atom. The minimum Gasteiger partial charge on any atom is -0.494 e. The van der Waals surface area contributed by atoms with Gasteiger partial charge in [0, 0.05) is 6.61 Å². The van der Waals surface area contributed by atoms with Crippen molar-refractivity contribution in [3.63, 3.8) is 0 Å². The van der Waals surface area contributed by atoms with Crippen molar-refractivity contribution in [3.05, 3.63) is 30.3 Å². The summed E-state index contributed by atoms with van der Waals surface area (Å²) in [4.78, 5) is 0. The van der Waals surface area contributed by atoms with Crippen molar-refractivity contribution in [2.24, 2.45) is 11.8 Å². The van der Waals surface area contributed by atoms with Crippen molar-refractivity contribution >= 4 is 9.84 Å². The summed E-state index contributed by atoms with van der Waals surface area (Å²) >= 11 is 0. The molecule has 0 aliphatic carbocycles. The lowest BCUT2D eigenvalue weighted by Crippen LogP contribution is -2.20. The van der Waals surface area contributed by atoms with Crippen LogP contribution in [0.1, 0.15) is 19.3 Å². The van der Waals surface area contributed by atoms with Crippen molar-refractivity contribution in [2.45, 2.75) is 19.3 Å². The van der Waals surface area contributed by atoms with Crippen molar-refractivity contribution in [1.29, 1.82) is 0 Å². The average Bonchev–Trinajstić information content (AvgIpc) is 2.80. The third-order valence-electron chi connectivity index (χ3n) is 3.90. The first-order valence-corrected chi connectivity index (χ1v) is 8.92. The molecule has 4 nitrogen and oxygen atoms in total. The van der Waals surface area contributed by atoms with Crippen LogP contribution < -0.4 is 4.74 Å². The molecule has 1 heterocycles. The van der Waals surface area contributed by atoms with Gasteiger partial charge in [0.05, 0.1) is 18.1 Å². The standard InChI is InChI=1S/C15H22O4S/c16-11-13(14-8-10-20(17,18)12-14)5-4-9-19-15-6-2-1-3-7-15/h1-3,6-7,13-14,16H,4-5,8-12H2. The van der Waals surface area contributed by atoms with Gasteiger partial charge in [-0.15, -0.1) is 0 Å². The molecule has 1 aromatic rings. The van der Waals surface area contributed by atoms with E-state index in [4.69, 9.17) is 4.74 Å². The van der Waals surface area contributed by atoms with Crippen molar-refractivity contribution in [2.75, 3.05) is 24.7 Å². The third kappa shape index (κ3) is 4.49. The van der Waals surface area contributed by atoms with Crippen LogP contribution in [0, 0.1) is 11.8 Å². The van der Waals surface area contributed by atoms with Crippen molar-refractivity contribution < 1.29 is 18.3 Å². The Hall–Kier alpha value is -1.07. The fraction of sp³-hybridized carbons (Fsp3) is 0.600. The minimum atomic E-state index is -2.87. The van der Waals surface area contributed by atoms with E-state index < -0.39 is 9.84 Å². The Bertz CT molecular complexity index is 498. The first kappa shape index (κ1) is 15.3. The number of hydrogen-bond donors (Lipinski definition) is 1. The molecule has 1 saturated heterocycles. The van der Waals surface area contributed by atoms with Gasteiger partial charge in [-0.2, -0.15) is 0 Å². The monoisotopic (exact) mass is 298 g/mol. The van der Waals surface area contributed by atoms with Crippen LogP contribution in [0.5, 0.6) is 5.75 Å². The Morgan fingerprint density at radius 3 is 2.65 bits per heavy atom. The second-order valence-electron chi connectivity index (χ2n) is 5.41. The largest absolute Gasteiger partial charge is 0.494 e. The Balaban J connectivity index is 1.72. The molecule has 2 unspecified atom stereocenters. The summed E-state index contributed by atoms with van der Waals surface area (Å²) in [5.41, 5.74) is 0. The van der Waals surface area contributed by atoms with E-state index >= 15 is 0 Å². The van der Waals surface area contributed by atoms with E-state index in [1.54, 1.807) is 0 Å². The van der Waals surface area contributed by atoms with E-state index in [0.29, 0.717) is 13.0 Å². The maximum atomic E-state index is 11.5. The first-order chi connectivity index (χ1) is 9.61. The Morgan fingerprint density at radius 2 is 2.05 bits per heavy atom. The molecule has 20 heavy (non-hydrogen) atoms. The summed E-state index contributed by atoms with van der Waals surface area (Å²) in [6.45, 7) is 0.658. The molecule has 1 N–H and O–H groups in total. The molecule has 0 spiro atoms. The lowest BCUT2D eigenvalue weighted by molar-refractivity contribution is 0.166. The van der Waals surface area contributed by atoms with E-state index in [0.717, 1.165) is 18.6 Å². The molecule has 5 heteroatoms. The van der Waals surface area contributed by atoms with Crippen LogP contribution in [0.15, 0.2) is 30.3 Å². The van der Waals surface area contributed by atoms with E-state index in [1.807, 2.05) is 30.3 Å². The van der Waals surface area contributed by atoms with Gasteiger partial charge in [-0.25, -0.2) is 8.42 Å². The fourth-order valence-corrected chi connectivity index (χ4v) is 4.64. The summed E-state index contributed by atoms with van der Waals surface area (Å²) < 4.78 is 28.5. The minimum absolute atomic E-state index is 0.0610. The molecule has 1 aromatic carbocycles. The average molecular weight is 298 g/mol. The van der Waals surface area contributed by atoms with Crippen LogP contribution >= 0.6 is 0 Å². The number of para-hydroxylation sites is 1. The number of aliphatic hydroxyl groups excluding tert-OH is 1. The maximum absolute atomic E-state index is 11.5. The van der Waals surface area contributed by atoms with Crippen molar-refractivity contribution in [3.8, 4) is 5.75 Å². The third-order valence-corrected chi connectivity index (χ3v) is 5.69. The second kappa shape index (κ2) is 7.09. The molecule has 0 bridgehead atoms. The van der Waals surface area contributed by atoms with Gasteiger partial charge in [-0.05, 0) is 43.2 Å². The highest BCUT2D eigenvalue weighted by atomic mass is 32.2. The number of aliphatic hydroxyl groups is 1. The van der Waals surface area contributed by atoms with Crippen LogP contribution in [0.3, 0.4) is 0 Å². The number of benzene rings is 1. The zero-order valence-corrected chi connectivity index (χ0v) is 12.4. The molecule has 2 atom stereocenters. The molecule has 112 valence electrons. The molecule has 0 saturated carbocycles. The van der Waals surface area contributed by atoms with E-state index in [1.165, 1.54) is 0 Å². The van der Waals surface area contributed by atoms with Crippen LogP contribution in [0.4, 0.5) is 0 Å². The zero-order valence-electron chi connectivity index (χ0n) is 11.6. The van der Waals surface area contributed by atoms with Gasteiger partial charge in [0.2, 0.25) is 0 Å². The molecule has 1 aliphatic heterocycles. The molecule has 0 aromatic heterocycles. The molecule has 1 aliphatic rings. The SMILES string of the molecule is O=S1(=O)CCC(C(CO)CCCOc2ccccc2)C1. The van der Waals surface area contributed by atoms with Gasteiger partial charge in [0.25, 0.3) is 0 Å². The van der Waals surface area contributed by atoms with E-state index in [2.05, 4.69) is 0 Å². The van der Waals surface area contributed by atoms with Crippen LogP contribution in [0.2, 0.25) is 0 Å². The Kier molecular flexibility index (Phi) is 5.43.